The van der Waals surface area contributed by atoms with Crippen LogP contribution in [0.15, 0.2) is 77.7 Å². The zero-order valence-electron chi connectivity index (χ0n) is 18.1. The molecule has 0 aliphatic carbocycles. The Balaban J connectivity index is 1.78. The van der Waals surface area contributed by atoms with Crippen molar-refractivity contribution >= 4 is 33.2 Å². The third-order valence-electron chi connectivity index (χ3n) is 4.89. The molecule has 3 aromatic rings. The molecular formula is C24H25N3O4S. The lowest BCUT2D eigenvalue weighted by Gasteiger charge is -2.20. The molecule has 166 valence electrons. The van der Waals surface area contributed by atoms with Gasteiger partial charge >= 0.3 is 0 Å². The monoisotopic (exact) mass is 451 g/mol. The van der Waals surface area contributed by atoms with Crippen molar-refractivity contribution in [3.05, 3.63) is 89.5 Å². The van der Waals surface area contributed by atoms with Gasteiger partial charge in [-0.15, -0.1) is 0 Å². The molecule has 0 aliphatic heterocycles. The van der Waals surface area contributed by atoms with Gasteiger partial charge in [0.15, 0.2) is 0 Å². The molecule has 0 unspecified atom stereocenters. The Labute approximate surface area is 188 Å². The molecule has 2 N–H and O–H groups in total. The van der Waals surface area contributed by atoms with Gasteiger partial charge in [0.2, 0.25) is 0 Å². The molecule has 0 spiro atoms. The Kier molecular flexibility index (Phi) is 6.95. The van der Waals surface area contributed by atoms with E-state index in [9.17, 15) is 18.0 Å². The maximum Gasteiger partial charge on any atom is 0.264 e. The average Bonchev–Trinajstić information content (AvgIpc) is 2.80. The van der Waals surface area contributed by atoms with E-state index in [0.717, 1.165) is 5.56 Å². The van der Waals surface area contributed by atoms with Crippen molar-refractivity contribution in [2.24, 2.45) is 0 Å². The molecule has 0 radical (unpaired) electrons. The summed E-state index contributed by atoms with van der Waals surface area (Å²) in [6.07, 6.45) is 0. The molecular weight excluding hydrogens is 426 g/mol. The molecule has 0 aromatic heterocycles. The highest BCUT2D eigenvalue weighted by atomic mass is 32.2. The van der Waals surface area contributed by atoms with Crippen molar-refractivity contribution in [1.82, 2.24) is 5.32 Å². The fourth-order valence-electron chi connectivity index (χ4n) is 3.02. The number of rotatable bonds is 7. The standard InChI is InChI=1S/C24H25N3O4S/c1-4-25-23(28)18-10-12-20(13-11-18)26-24(29)19-6-5-7-22(16-19)32(30,31)27(3)21-14-8-17(2)9-15-21/h5-16H,4H2,1-3H3,(H,25,28)(H,26,29). The summed E-state index contributed by atoms with van der Waals surface area (Å²) in [6.45, 7) is 4.28. The van der Waals surface area contributed by atoms with Crippen LogP contribution in [0.1, 0.15) is 33.2 Å². The number of nitrogens with zero attached hydrogens (tertiary/aromatic N) is 1. The van der Waals surface area contributed by atoms with Crippen LogP contribution >= 0.6 is 0 Å². The number of hydrogen-bond acceptors (Lipinski definition) is 4. The first-order valence-corrected chi connectivity index (χ1v) is 11.5. The molecule has 7 nitrogen and oxygen atoms in total. The molecule has 0 saturated heterocycles. The lowest BCUT2D eigenvalue weighted by Crippen LogP contribution is -2.26. The molecule has 0 saturated carbocycles. The molecule has 0 heterocycles. The second kappa shape index (κ2) is 9.65. The van der Waals surface area contributed by atoms with E-state index in [1.807, 2.05) is 26.0 Å². The number of amides is 2. The predicted molar refractivity (Wildman–Crippen MR) is 126 cm³/mol. The van der Waals surface area contributed by atoms with Crippen molar-refractivity contribution in [3.8, 4) is 0 Å². The van der Waals surface area contributed by atoms with E-state index in [1.165, 1.54) is 29.6 Å². The zero-order valence-corrected chi connectivity index (χ0v) is 18.9. The lowest BCUT2D eigenvalue weighted by atomic mass is 10.1. The van der Waals surface area contributed by atoms with E-state index in [-0.39, 0.29) is 16.4 Å². The summed E-state index contributed by atoms with van der Waals surface area (Å²) in [6, 6.07) is 19.5. The van der Waals surface area contributed by atoms with Crippen molar-refractivity contribution in [2.45, 2.75) is 18.7 Å². The van der Waals surface area contributed by atoms with Gasteiger partial charge in [0.05, 0.1) is 10.6 Å². The van der Waals surface area contributed by atoms with Crippen LogP contribution in [-0.4, -0.2) is 33.8 Å². The van der Waals surface area contributed by atoms with Gasteiger partial charge in [-0.05, 0) is 68.4 Å². The van der Waals surface area contributed by atoms with Crippen LogP contribution < -0.4 is 14.9 Å². The Morgan fingerprint density at radius 3 is 2.16 bits per heavy atom. The molecule has 32 heavy (non-hydrogen) atoms. The maximum absolute atomic E-state index is 13.1. The third-order valence-corrected chi connectivity index (χ3v) is 6.68. The van der Waals surface area contributed by atoms with E-state index in [1.54, 1.807) is 42.5 Å². The predicted octanol–water partition coefficient (Wildman–Crippen LogP) is 3.82. The summed E-state index contributed by atoms with van der Waals surface area (Å²) in [5.41, 5.74) is 2.73. The van der Waals surface area contributed by atoms with Crippen molar-refractivity contribution in [1.29, 1.82) is 0 Å². The maximum atomic E-state index is 13.1. The molecule has 0 aliphatic rings. The second-order valence-corrected chi connectivity index (χ2v) is 9.20. The Hall–Kier alpha value is -3.65. The molecule has 0 atom stereocenters. The van der Waals surface area contributed by atoms with Gasteiger partial charge in [-0.2, -0.15) is 0 Å². The van der Waals surface area contributed by atoms with Gasteiger partial charge in [-0.1, -0.05) is 23.8 Å². The summed E-state index contributed by atoms with van der Waals surface area (Å²) < 4.78 is 27.3. The van der Waals surface area contributed by atoms with Crippen molar-refractivity contribution < 1.29 is 18.0 Å². The first-order chi connectivity index (χ1) is 15.2. The first kappa shape index (κ1) is 23.0. The van der Waals surface area contributed by atoms with Crippen LogP contribution in [0.4, 0.5) is 11.4 Å². The van der Waals surface area contributed by atoms with E-state index in [4.69, 9.17) is 0 Å². The number of sulfonamides is 1. The van der Waals surface area contributed by atoms with Crippen molar-refractivity contribution in [3.63, 3.8) is 0 Å². The van der Waals surface area contributed by atoms with Crippen LogP contribution in [0.2, 0.25) is 0 Å². The van der Waals surface area contributed by atoms with Gasteiger partial charge < -0.3 is 10.6 Å². The summed E-state index contributed by atoms with van der Waals surface area (Å²) in [7, 11) is -2.37. The number of carbonyl (C=O) groups excluding carboxylic acids is 2. The smallest absolute Gasteiger partial charge is 0.264 e. The van der Waals surface area contributed by atoms with Gasteiger partial charge in [0, 0.05) is 30.4 Å². The molecule has 0 fully saturated rings. The van der Waals surface area contributed by atoms with Gasteiger partial charge in [-0.25, -0.2) is 8.42 Å². The minimum Gasteiger partial charge on any atom is -0.352 e. The summed E-state index contributed by atoms with van der Waals surface area (Å²) >= 11 is 0. The second-order valence-electron chi connectivity index (χ2n) is 7.23. The van der Waals surface area contributed by atoms with Crippen LogP contribution in [0.5, 0.6) is 0 Å². The quantitative estimate of drug-likeness (QED) is 0.571. The Morgan fingerprint density at radius 1 is 0.875 bits per heavy atom. The van der Waals surface area contributed by atoms with E-state index in [0.29, 0.717) is 23.5 Å². The Bertz CT molecular complexity index is 1220. The topological polar surface area (TPSA) is 95.6 Å². The normalized spacial score (nSPS) is 11.0. The van der Waals surface area contributed by atoms with E-state index < -0.39 is 15.9 Å². The van der Waals surface area contributed by atoms with Crippen LogP contribution in [-0.2, 0) is 10.0 Å². The summed E-state index contributed by atoms with van der Waals surface area (Å²) in [4.78, 5) is 24.6. The lowest BCUT2D eigenvalue weighted by molar-refractivity contribution is 0.0955. The van der Waals surface area contributed by atoms with Gasteiger partial charge in [0.25, 0.3) is 21.8 Å². The number of aryl methyl sites for hydroxylation is 1. The minimum absolute atomic E-state index is 0.0137. The fraction of sp³-hybridized carbons (Fsp3) is 0.167. The molecule has 2 amide bonds. The largest absolute Gasteiger partial charge is 0.352 e. The summed E-state index contributed by atoms with van der Waals surface area (Å²) in [5, 5.41) is 5.43. The van der Waals surface area contributed by atoms with Gasteiger partial charge in [-0.3, -0.25) is 13.9 Å². The highest BCUT2D eigenvalue weighted by Crippen LogP contribution is 2.23. The van der Waals surface area contributed by atoms with Crippen LogP contribution in [0.25, 0.3) is 0 Å². The number of nitrogens with one attached hydrogen (secondary N) is 2. The highest BCUT2D eigenvalue weighted by Gasteiger charge is 2.22. The first-order valence-electron chi connectivity index (χ1n) is 10.1. The number of anilines is 2. The molecule has 3 rings (SSSR count). The Morgan fingerprint density at radius 2 is 1.53 bits per heavy atom. The highest BCUT2D eigenvalue weighted by molar-refractivity contribution is 7.92. The molecule has 3 aromatic carbocycles. The van der Waals surface area contributed by atoms with Gasteiger partial charge in [0.1, 0.15) is 0 Å². The third kappa shape index (κ3) is 5.15. The summed E-state index contributed by atoms with van der Waals surface area (Å²) in [5.74, 6) is -0.647. The van der Waals surface area contributed by atoms with Crippen molar-refractivity contribution in [2.75, 3.05) is 23.2 Å². The molecule has 8 heteroatoms. The minimum atomic E-state index is -3.85. The number of hydrogen-bond donors (Lipinski definition) is 2. The molecule has 0 bridgehead atoms. The SMILES string of the molecule is CCNC(=O)c1ccc(NC(=O)c2cccc(S(=O)(=O)N(C)c3ccc(C)cc3)c2)cc1. The number of benzene rings is 3. The fourth-order valence-corrected chi connectivity index (χ4v) is 4.26. The van der Waals surface area contributed by atoms with Crippen LogP contribution in [0.3, 0.4) is 0 Å². The number of carbonyl (C=O) groups is 2. The zero-order chi connectivity index (χ0) is 23.3. The van der Waals surface area contributed by atoms with Crippen LogP contribution in [0, 0.1) is 6.92 Å². The van der Waals surface area contributed by atoms with E-state index in [2.05, 4.69) is 10.6 Å². The average molecular weight is 452 g/mol. The van der Waals surface area contributed by atoms with E-state index >= 15 is 0 Å².